The summed E-state index contributed by atoms with van der Waals surface area (Å²) in [6, 6.07) is 3.59. The number of amides is 1. The van der Waals surface area contributed by atoms with Gasteiger partial charge in [0.05, 0.1) is 11.9 Å². The molecule has 0 aromatic carbocycles. The summed E-state index contributed by atoms with van der Waals surface area (Å²) in [5, 5.41) is 6.85. The van der Waals surface area contributed by atoms with Crippen LogP contribution < -0.4 is 5.32 Å². The van der Waals surface area contributed by atoms with Crippen LogP contribution in [0.2, 0.25) is 0 Å². The first kappa shape index (κ1) is 15.0. The lowest BCUT2D eigenvalue weighted by molar-refractivity contribution is -0.110. The molecule has 1 aromatic heterocycles. The maximum Gasteiger partial charge on any atom is 0.273 e. The number of anilines is 1. The van der Waals surface area contributed by atoms with E-state index in [0.717, 1.165) is 26.1 Å². The summed E-state index contributed by atoms with van der Waals surface area (Å²) in [6.07, 6.45) is 4.78. The van der Waals surface area contributed by atoms with Crippen molar-refractivity contribution in [2.75, 3.05) is 25.0 Å². The highest BCUT2D eigenvalue weighted by Crippen LogP contribution is 2.34. The summed E-state index contributed by atoms with van der Waals surface area (Å²) in [5.41, 5.74) is 0.829. The van der Waals surface area contributed by atoms with Crippen LogP contribution in [0, 0.1) is 5.92 Å². The Balaban J connectivity index is 1.57. The van der Waals surface area contributed by atoms with E-state index in [2.05, 4.69) is 34.2 Å². The third-order valence-electron chi connectivity index (χ3n) is 4.04. The maximum atomic E-state index is 12.3. The normalized spacial score (nSPS) is 24.6. The predicted octanol–water partition coefficient (Wildman–Crippen LogP) is 1.90. The summed E-state index contributed by atoms with van der Waals surface area (Å²) in [5.74, 6) is 0.429. The number of likely N-dealkylation sites (tertiary alicyclic amines) is 1. The van der Waals surface area contributed by atoms with Crippen molar-refractivity contribution in [1.29, 1.82) is 0 Å². The molecule has 0 radical (unpaired) electrons. The average Bonchev–Trinajstić information content (AvgIpc) is 3.07. The quantitative estimate of drug-likeness (QED) is 0.922. The van der Waals surface area contributed by atoms with Gasteiger partial charge in [0, 0.05) is 38.7 Å². The molecule has 3 rings (SSSR count). The van der Waals surface area contributed by atoms with E-state index in [4.69, 9.17) is 4.84 Å². The molecule has 0 saturated carbocycles. The van der Waals surface area contributed by atoms with Gasteiger partial charge in [-0.1, -0.05) is 19.0 Å². The van der Waals surface area contributed by atoms with Gasteiger partial charge in [-0.2, -0.15) is 0 Å². The second kappa shape index (κ2) is 6.04. The minimum Gasteiger partial charge on any atom is -0.387 e. The van der Waals surface area contributed by atoms with Gasteiger partial charge in [0.1, 0.15) is 5.71 Å². The second-order valence-corrected chi connectivity index (χ2v) is 6.56. The van der Waals surface area contributed by atoms with E-state index < -0.39 is 0 Å². The molecule has 2 aliphatic rings. The minimum absolute atomic E-state index is 0.202. The molecular weight excluding hydrogens is 280 g/mol. The Morgan fingerprint density at radius 3 is 3.14 bits per heavy atom. The number of hydrogen-bond acceptors (Lipinski definition) is 5. The van der Waals surface area contributed by atoms with Gasteiger partial charge in [-0.3, -0.25) is 14.7 Å². The minimum atomic E-state index is -0.309. The van der Waals surface area contributed by atoms with Crippen molar-refractivity contribution >= 4 is 17.3 Å². The Morgan fingerprint density at radius 2 is 2.41 bits per heavy atom. The van der Waals surface area contributed by atoms with Gasteiger partial charge >= 0.3 is 0 Å². The van der Waals surface area contributed by atoms with E-state index in [9.17, 15) is 4.79 Å². The maximum absolute atomic E-state index is 12.3. The summed E-state index contributed by atoms with van der Waals surface area (Å²) >= 11 is 0. The highest BCUT2D eigenvalue weighted by Gasteiger charge is 2.46. The van der Waals surface area contributed by atoms with Crippen molar-refractivity contribution < 1.29 is 9.63 Å². The molecule has 22 heavy (non-hydrogen) atoms. The van der Waals surface area contributed by atoms with Crippen LogP contribution in [0.15, 0.2) is 29.7 Å². The number of oxime groups is 1. The third kappa shape index (κ3) is 3.27. The fourth-order valence-corrected chi connectivity index (χ4v) is 3.10. The molecule has 1 spiro atoms. The SMILES string of the molecule is CC(C)CN1CCC2(CC(C(=O)Nc3cccnc3)=NO2)C1. The molecule has 3 heterocycles. The van der Waals surface area contributed by atoms with Crippen LogP contribution in [0.25, 0.3) is 0 Å². The fourth-order valence-electron chi connectivity index (χ4n) is 3.10. The summed E-state index contributed by atoms with van der Waals surface area (Å²) in [6.45, 7) is 7.33. The number of aromatic nitrogens is 1. The Bertz CT molecular complexity index is 573. The first-order valence-corrected chi connectivity index (χ1v) is 7.75. The number of carbonyl (C=O) groups excluding carboxylic acids is 1. The molecule has 0 bridgehead atoms. The average molecular weight is 302 g/mol. The second-order valence-electron chi connectivity index (χ2n) is 6.56. The highest BCUT2D eigenvalue weighted by molar-refractivity contribution is 6.43. The van der Waals surface area contributed by atoms with Crippen molar-refractivity contribution in [3.05, 3.63) is 24.5 Å². The zero-order chi connectivity index (χ0) is 15.6. The number of carbonyl (C=O) groups is 1. The van der Waals surface area contributed by atoms with Crippen LogP contribution in [0.3, 0.4) is 0 Å². The molecule has 1 saturated heterocycles. The molecule has 1 unspecified atom stereocenters. The van der Waals surface area contributed by atoms with Crippen molar-refractivity contribution in [2.45, 2.75) is 32.3 Å². The monoisotopic (exact) mass is 302 g/mol. The first-order valence-electron chi connectivity index (χ1n) is 7.75. The van der Waals surface area contributed by atoms with E-state index in [1.807, 2.05) is 0 Å². The lowest BCUT2D eigenvalue weighted by Gasteiger charge is -2.22. The van der Waals surface area contributed by atoms with E-state index in [-0.39, 0.29) is 11.5 Å². The zero-order valence-electron chi connectivity index (χ0n) is 13.1. The van der Waals surface area contributed by atoms with Crippen molar-refractivity contribution in [2.24, 2.45) is 11.1 Å². The predicted molar refractivity (Wildman–Crippen MR) is 84.6 cm³/mol. The van der Waals surface area contributed by atoms with Crippen molar-refractivity contribution in [3.63, 3.8) is 0 Å². The topological polar surface area (TPSA) is 66.8 Å². The number of nitrogens with one attached hydrogen (secondary N) is 1. The molecule has 1 atom stereocenters. The van der Waals surface area contributed by atoms with Gasteiger partial charge in [0.15, 0.2) is 5.60 Å². The fraction of sp³-hybridized carbons (Fsp3) is 0.562. The Kier molecular flexibility index (Phi) is 4.11. The number of rotatable bonds is 4. The van der Waals surface area contributed by atoms with Gasteiger partial charge < -0.3 is 10.2 Å². The van der Waals surface area contributed by atoms with E-state index >= 15 is 0 Å². The number of pyridine rings is 1. The molecular formula is C16H22N4O2. The Hall–Kier alpha value is -1.95. The van der Waals surface area contributed by atoms with Gasteiger partial charge in [-0.25, -0.2) is 0 Å². The van der Waals surface area contributed by atoms with Crippen LogP contribution in [0.4, 0.5) is 5.69 Å². The molecule has 1 aromatic rings. The molecule has 0 aliphatic carbocycles. The highest BCUT2D eigenvalue weighted by atomic mass is 16.7. The van der Waals surface area contributed by atoms with Gasteiger partial charge in [-0.15, -0.1) is 0 Å². The first-order chi connectivity index (χ1) is 10.6. The molecule has 118 valence electrons. The smallest absolute Gasteiger partial charge is 0.273 e. The lowest BCUT2D eigenvalue weighted by atomic mass is 9.96. The van der Waals surface area contributed by atoms with Gasteiger partial charge in [0.25, 0.3) is 5.91 Å². The van der Waals surface area contributed by atoms with Crippen LogP contribution in [-0.2, 0) is 9.63 Å². The van der Waals surface area contributed by atoms with Gasteiger partial charge in [-0.05, 0) is 18.1 Å². The zero-order valence-corrected chi connectivity index (χ0v) is 13.1. The van der Waals surface area contributed by atoms with Crippen LogP contribution in [0.1, 0.15) is 26.7 Å². The number of hydrogen-bond donors (Lipinski definition) is 1. The van der Waals surface area contributed by atoms with Crippen molar-refractivity contribution in [3.8, 4) is 0 Å². The summed E-state index contributed by atoms with van der Waals surface area (Å²) < 4.78 is 0. The third-order valence-corrected chi connectivity index (χ3v) is 4.04. The number of nitrogens with zero attached hydrogens (tertiary/aromatic N) is 3. The largest absolute Gasteiger partial charge is 0.387 e. The van der Waals surface area contributed by atoms with Crippen LogP contribution >= 0.6 is 0 Å². The summed E-state index contributed by atoms with van der Waals surface area (Å²) in [7, 11) is 0. The molecule has 1 amide bonds. The molecule has 6 nitrogen and oxygen atoms in total. The Labute approximate surface area is 130 Å². The van der Waals surface area contributed by atoms with Crippen LogP contribution in [-0.4, -0.2) is 46.7 Å². The molecule has 6 heteroatoms. The van der Waals surface area contributed by atoms with Crippen molar-refractivity contribution in [1.82, 2.24) is 9.88 Å². The molecule has 1 fully saturated rings. The van der Waals surface area contributed by atoms with E-state index in [1.165, 1.54) is 0 Å². The molecule has 1 N–H and O–H groups in total. The lowest BCUT2D eigenvalue weighted by Crippen LogP contribution is -2.36. The standard InChI is InChI=1S/C16H22N4O2/c1-12(2)10-20-7-5-16(11-20)8-14(19-22-16)15(21)18-13-4-3-6-17-9-13/h3-4,6,9,12H,5,7-8,10-11H2,1-2H3,(H,18,21). The Morgan fingerprint density at radius 1 is 1.55 bits per heavy atom. The van der Waals surface area contributed by atoms with E-state index in [0.29, 0.717) is 23.7 Å². The summed E-state index contributed by atoms with van der Waals surface area (Å²) in [4.78, 5) is 24.3. The van der Waals surface area contributed by atoms with Gasteiger partial charge in [0.2, 0.25) is 0 Å². The van der Waals surface area contributed by atoms with Crippen LogP contribution in [0.5, 0.6) is 0 Å². The van der Waals surface area contributed by atoms with E-state index in [1.54, 1.807) is 24.5 Å². The molecule has 2 aliphatic heterocycles.